The molecule has 0 radical (unpaired) electrons. The van der Waals surface area contributed by atoms with Gasteiger partial charge in [-0.05, 0) is 43.9 Å². The summed E-state index contributed by atoms with van der Waals surface area (Å²) in [5.74, 6) is 0.861. The molecule has 0 atom stereocenters. The van der Waals surface area contributed by atoms with Gasteiger partial charge in [0.05, 0.1) is 12.0 Å². The molecule has 3 rings (SSSR count). The summed E-state index contributed by atoms with van der Waals surface area (Å²) in [5, 5.41) is 6.70. The molecular formula is C14H14N2O3. The molecule has 0 aliphatic heterocycles. The van der Waals surface area contributed by atoms with Crippen molar-refractivity contribution < 1.29 is 13.7 Å². The minimum atomic E-state index is -0.249. The van der Waals surface area contributed by atoms with E-state index in [0.717, 1.165) is 36.9 Å². The number of aryl methyl sites for hydroxylation is 1. The van der Waals surface area contributed by atoms with Gasteiger partial charge in [0.1, 0.15) is 5.76 Å². The zero-order chi connectivity index (χ0) is 13.1. The molecule has 0 spiro atoms. The minimum absolute atomic E-state index is 0.249. The monoisotopic (exact) mass is 258 g/mol. The van der Waals surface area contributed by atoms with Gasteiger partial charge in [0.15, 0.2) is 0 Å². The zero-order valence-electron chi connectivity index (χ0n) is 10.4. The Hall–Kier alpha value is -2.30. The highest BCUT2D eigenvalue weighted by Crippen LogP contribution is 2.27. The molecule has 0 saturated heterocycles. The van der Waals surface area contributed by atoms with E-state index in [0.29, 0.717) is 11.6 Å². The van der Waals surface area contributed by atoms with E-state index < -0.39 is 0 Å². The minimum Gasteiger partial charge on any atom is -0.465 e. The summed E-state index contributed by atoms with van der Waals surface area (Å²) in [6.07, 6.45) is 8.66. The van der Waals surface area contributed by atoms with Crippen LogP contribution in [-0.2, 0) is 17.6 Å². The number of anilines is 1. The second kappa shape index (κ2) is 5.14. The average Bonchev–Trinajstić information content (AvgIpc) is 3.07. The Kier molecular flexibility index (Phi) is 3.18. The van der Waals surface area contributed by atoms with E-state index >= 15 is 0 Å². The first-order valence-corrected chi connectivity index (χ1v) is 6.33. The van der Waals surface area contributed by atoms with Crippen LogP contribution in [0.5, 0.6) is 0 Å². The fraction of sp³-hybridized carbons (Fsp3) is 0.286. The standard InChI is InChI=1S/C14H14N2O3/c17-13(8-7-10-4-3-9-18-10)15-14-11-5-1-2-6-12(11)16-19-14/h3-4,7-9H,1-2,5-6H2,(H,15,17). The van der Waals surface area contributed by atoms with Gasteiger partial charge in [-0.25, -0.2) is 0 Å². The molecular weight excluding hydrogens is 244 g/mol. The molecule has 1 N–H and O–H groups in total. The van der Waals surface area contributed by atoms with Crippen LogP contribution < -0.4 is 5.32 Å². The lowest BCUT2D eigenvalue weighted by atomic mass is 9.98. The fourth-order valence-corrected chi connectivity index (χ4v) is 2.19. The molecule has 5 heteroatoms. The first-order chi connectivity index (χ1) is 9.33. The van der Waals surface area contributed by atoms with Gasteiger partial charge in [-0.15, -0.1) is 0 Å². The van der Waals surface area contributed by atoms with E-state index in [1.54, 1.807) is 24.5 Å². The van der Waals surface area contributed by atoms with Crippen LogP contribution in [0, 0.1) is 0 Å². The number of aromatic nitrogens is 1. The van der Waals surface area contributed by atoms with E-state index in [-0.39, 0.29) is 5.91 Å². The lowest BCUT2D eigenvalue weighted by Gasteiger charge is -2.08. The molecule has 2 heterocycles. The van der Waals surface area contributed by atoms with Crippen molar-refractivity contribution in [3.63, 3.8) is 0 Å². The van der Waals surface area contributed by atoms with Crippen molar-refractivity contribution in [3.05, 3.63) is 41.5 Å². The third-order valence-corrected chi connectivity index (χ3v) is 3.14. The molecule has 19 heavy (non-hydrogen) atoms. The average molecular weight is 258 g/mol. The number of fused-ring (bicyclic) bond motifs is 1. The smallest absolute Gasteiger partial charge is 0.250 e. The summed E-state index contributed by atoms with van der Waals surface area (Å²) in [7, 11) is 0. The highest BCUT2D eigenvalue weighted by molar-refractivity contribution is 6.01. The summed E-state index contributed by atoms with van der Waals surface area (Å²) >= 11 is 0. The van der Waals surface area contributed by atoms with Crippen molar-refractivity contribution in [1.82, 2.24) is 5.16 Å². The second-order valence-corrected chi connectivity index (χ2v) is 4.48. The summed E-state index contributed by atoms with van der Waals surface area (Å²) in [6, 6.07) is 3.55. The van der Waals surface area contributed by atoms with E-state index in [4.69, 9.17) is 8.94 Å². The molecule has 0 saturated carbocycles. The van der Waals surface area contributed by atoms with Gasteiger partial charge in [-0.2, -0.15) is 0 Å². The molecule has 1 aliphatic rings. The molecule has 1 aliphatic carbocycles. The first kappa shape index (κ1) is 11.8. The molecule has 98 valence electrons. The number of hydrogen-bond donors (Lipinski definition) is 1. The number of furan rings is 1. The third-order valence-electron chi connectivity index (χ3n) is 3.14. The van der Waals surface area contributed by atoms with Gasteiger partial charge in [-0.1, -0.05) is 5.16 Å². The van der Waals surface area contributed by atoms with Crippen LogP contribution in [0.15, 0.2) is 33.4 Å². The fourth-order valence-electron chi connectivity index (χ4n) is 2.19. The van der Waals surface area contributed by atoms with Crippen LogP contribution in [0.2, 0.25) is 0 Å². The Balaban J connectivity index is 1.68. The van der Waals surface area contributed by atoms with Crippen molar-refractivity contribution in [2.45, 2.75) is 25.7 Å². The number of amides is 1. The van der Waals surface area contributed by atoms with Crippen molar-refractivity contribution >= 4 is 17.9 Å². The van der Waals surface area contributed by atoms with Gasteiger partial charge in [0.2, 0.25) is 5.88 Å². The van der Waals surface area contributed by atoms with Crippen LogP contribution in [0.25, 0.3) is 6.08 Å². The van der Waals surface area contributed by atoms with Gasteiger partial charge in [0.25, 0.3) is 5.91 Å². The van der Waals surface area contributed by atoms with Crippen LogP contribution in [0.4, 0.5) is 5.88 Å². The SMILES string of the molecule is O=C(C=Cc1ccco1)Nc1onc2c1CCCC2. The lowest BCUT2D eigenvalue weighted by molar-refractivity contribution is -0.112. The molecule has 0 aromatic carbocycles. The molecule has 2 aromatic rings. The molecule has 0 fully saturated rings. The van der Waals surface area contributed by atoms with Crippen LogP contribution >= 0.6 is 0 Å². The Bertz CT molecular complexity index is 596. The van der Waals surface area contributed by atoms with Gasteiger partial charge in [0, 0.05) is 11.6 Å². The lowest BCUT2D eigenvalue weighted by Crippen LogP contribution is -2.10. The maximum absolute atomic E-state index is 11.8. The molecule has 1 amide bonds. The maximum atomic E-state index is 11.8. The first-order valence-electron chi connectivity index (χ1n) is 6.33. The van der Waals surface area contributed by atoms with E-state index in [1.165, 1.54) is 6.08 Å². The third kappa shape index (κ3) is 2.59. The number of nitrogens with one attached hydrogen (secondary N) is 1. The van der Waals surface area contributed by atoms with E-state index in [9.17, 15) is 4.79 Å². The maximum Gasteiger partial charge on any atom is 0.250 e. The highest BCUT2D eigenvalue weighted by atomic mass is 16.5. The highest BCUT2D eigenvalue weighted by Gasteiger charge is 2.19. The number of nitrogens with zero attached hydrogens (tertiary/aromatic N) is 1. The topological polar surface area (TPSA) is 68.3 Å². The Labute approximate surface area is 110 Å². The van der Waals surface area contributed by atoms with Gasteiger partial charge < -0.3 is 8.94 Å². The predicted octanol–water partition coefficient (Wildman–Crippen LogP) is 2.80. The number of carbonyl (C=O) groups excluding carboxylic acids is 1. The Morgan fingerprint density at radius 3 is 3.11 bits per heavy atom. The number of carbonyl (C=O) groups is 1. The normalized spacial score (nSPS) is 14.5. The van der Waals surface area contributed by atoms with Crippen LogP contribution in [0.3, 0.4) is 0 Å². The summed E-state index contributed by atoms with van der Waals surface area (Å²) in [6.45, 7) is 0. The van der Waals surface area contributed by atoms with E-state index in [1.807, 2.05) is 0 Å². The zero-order valence-corrected chi connectivity index (χ0v) is 10.4. The Morgan fingerprint density at radius 2 is 2.26 bits per heavy atom. The molecule has 2 aromatic heterocycles. The Morgan fingerprint density at radius 1 is 1.37 bits per heavy atom. The van der Waals surface area contributed by atoms with Gasteiger partial charge in [-0.3, -0.25) is 10.1 Å². The molecule has 0 unspecified atom stereocenters. The van der Waals surface area contributed by atoms with Crippen molar-refractivity contribution in [2.24, 2.45) is 0 Å². The largest absolute Gasteiger partial charge is 0.465 e. The summed E-state index contributed by atoms with van der Waals surface area (Å²) < 4.78 is 10.3. The van der Waals surface area contributed by atoms with Crippen molar-refractivity contribution in [1.29, 1.82) is 0 Å². The van der Waals surface area contributed by atoms with E-state index in [2.05, 4.69) is 10.5 Å². The second-order valence-electron chi connectivity index (χ2n) is 4.48. The van der Waals surface area contributed by atoms with Crippen molar-refractivity contribution in [3.8, 4) is 0 Å². The summed E-state index contributed by atoms with van der Waals surface area (Å²) in [4.78, 5) is 11.8. The predicted molar refractivity (Wildman–Crippen MR) is 69.5 cm³/mol. The van der Waals surface area contributed by atoms with Gasteiger partial charge >= 0.3 is 0 Å². The number of rotatable bonds is 3. The summed E-state index contributed by atoms with van der Waals surface area (Å²) in [5.41, 5.74) is 2.00. The molecule has 0 bridgehead atoms. The quantitative estimate of drug-likeness (QED) is 0.859. The van der Waals surface area contributed by atoms with Crippen molar-refractivity contribution in [2.75, 3.05) is 5.32 Å². The molecule has 5 nitrogen and oxygen atoms in total. The van der Waals surface area contributed by atoms with Crippen LogP contribution in [-0.4, -0.2) is 11.1 Å². The van der Waals surface area contributed by atoms with Crippen LogP contribution in [0.1, 0.15) is 29.9 Å². The number of hydrogen-bond acceptors (Lipinski definition) is 4.